The van der Waals surface area contributed by atoms with Gasteiger partial charge in [0.25, 0.3) is 5.91 Å². The van der Waals surface area contributed by atoms with Crippen molar-refractivity contribution in [1.82, 2.24) is 20.1 Å². The summed E-state index contributed by atoms with van der Waals surface area (Å²) in [5.41, 5.74) is 3.08. The molecule has 3 rings (SSSR count). The number of hydrogen-bond donors (Lipinski definition) is 1. The molecule has 0 unspecified atom stereocenters. The van der Waals surface area contributed by atoms with Gasteiger partial charge in [0.05, 0.1) is 11.8 Å². The molecular formula is C24H25N5O2. The number of nitrogens with zero attached hydrogens (tertiary/aromatic N) is 4. The summed E-state index contributed by atoms with van der Waals surface area (Å²) in [7, 11) is 0. The van der Waals surface area contributed by atoms with Crippen LogP contribution in [0.2, 0.25) is 0 Å². The van der Waals surface area contributed by atoms with Crippen molar-refractivity contribution in [3.8, 4) is 23.0 Å². The van der Waals surface area contributed by atoms with Crippen molar-refractivity contribution in [3.63, 3.8) is 0 Å². The first-order valence-electron chi connectivity index (χ1n) is 10.2. The zero-order chi connectivity index (χ0) is 22.1. The summed E-state index contributed by atoms with van der Waals surface area (Å²) in [6, 6.07) is 15.4. The molecule has 0 fully saturated rings. The van der Waals surface area contributed by atoms with Crippen LogP contribution in [0.4, 0.5) is 0 Å². The summed E-state index contributed by atoms with van der Waals surface area (Å²) in [5.74, 6) is -0.416. The Bertz CT molecular complexity index is 1070. The normalized spacial score (nSPS) is 11.4. The van der Waals surface area contributed by atoms with Gasteiger partial charge in [-0.15, -0.1) is 0 Å². The summed E-state index contributed by atoms with van der Waals surface area (Å²) >= 11 is 0. The van der Waals surface area contributed by atoms with Crippen LogP contribution in [-0.2, 0) is 9.53 Å². The van der Waals surface area contributed by atoms with Crippen LogP contribution in [0, 0.1) is 11.3 Å². The Hall–Kier alpha value is -3.76. The van der Waals surface area contributed by atoms with E-state index in [1.54, 1.807) is 23.2 Å². The van der Waals surface area contributed by atoms with Crippen LogP contribution < -0.4 is 5.32 Å². The first-order valence-corrected chi connectivity index (χ1v) is 10.2. The van der Waals surface area contributed by atoms with Crippen molar-refractivity contribution in [2.45, 2.75) is 26.4 Å². The third kappa shape index (κ3) is 6.11. The topological polar surface area (TPSA) is 92.8 Å². The van der Waals surface area contributed by atoms with E-state index in [9.17, 15) is 10.1 Å². The van der Waals surface area contributed by atoms with Gasteiger partial charge in [0.1, 0.15) is 17.3 Å². The fourth-order valence-corrected chi connectivity index (χ4v) is 2.93. The number of ether oxygens (including phenoxy) is 1. The SMILES string of the molecule is CC(C)OCCCNC(=O)/C(C#N)=C/c1cn(-c2ccccc2)nc1-c1ccncc1. The number of nitriles is 1. The van der Waals surface area contributed by atoms with Crippen LogP contribution in [0.5, 0.6) is 0 Å². The number of pyridine rings is 1. The first kappa shape index (κ1) is 21.9. The van der Waals surface area contributed by atoms with Gasteiger partial charge in [0.2, 0.25) is 0 Å². The second-order valence-electron chi connectivity index (χ2n) is 7.15. The molecule has 1 aromatic carbocycles. The van der Waals surface area contributed by atoms with Crippen LogP contribution in [0.1, 0.15) is 25.8 Å². The van der Waals surface area contributed by atoms with Crippen molar-refractivity contribution in [2.24, 2.45) is 0 Å². The summed E-state index contributed by atoms with van der Waals surface area (Å²) in [6.07, 6.45) is 7.58. The van der Waals surface area contributed by atoms with E-state index in [1.807, 2.05) is 68.6 Å². The number of para-hydroxylation sites is 1. The predicted molar refractivity (Wildman–Crippen MR) is 119 cm³/mol. The molecule has 158 valence electrons. The smallest absolute Gasteiger partial charge is 0.261 e. The maximum atomic E-state index is 12.5. The Morgan fingerprint density at radius 3 is 2.65 bits per heavy atom. The predicted octanol–water partition coefficient (Wildman–Crippen LogP) is 3.77. The fourth-order valence-electron chi connectivity index (χ4n) is 2.93. The molecule has 0 aliphatic carbocycles. The average Bonchev–Trinajstić information content (AvgIpc) is 3.22. The molecule has 2 heterocycles. The van der Waals surface area contributed by atoms with E-state index in [4.69, 9.17) is 4.74 Å². The molecule has 0 spiro atoms. The van der Waals surface area contributed by atoms with Gasteiger partial charge in [-0.25, -0.2) is 4.68 Å². The molecule has 3 aromatic rings. The highest BCUT2D eigenvalue weighted by atomic mass is 16.5. The second-order valence-corrected chi connectivity index (χ2v) is 7.15. The molecule has 0 aliphatic heterocycles. The molecule has 31 heavy (non-hydrogen) atoms. The van der Waals surface area contributed by atoms with Gasteiger partial charge < -0.3 is 10.1 Å². The number of carbonyl (C=O) groups is 1. The first-order chi connectivity index (χ1) is 15.1. The standard InChI is InChI=1S/C24H25N5O2/c1-18(2)31-14-6-11-27-24(30)20(16-25)15-21-17-29(22-7-4-3-5-8-22)28-23(21)19-9-12-26-13-10-19/h3-5,7-10,12-13,15,17-18H,6,11,14H2,1-2H3,(H,27,30)/b20-15+. The van der Waals surface area contributed by atoms with E-state index < -0.39 is 5.91 Å². The molecule has 0 saturated carbocycles. The van der Waals surface area contributed by atoms with Gasteiger partial charge in [-0.1, -0.05) is 18.2 Å². The Labute approximate surface area is 182 Å². The zero-order valence-electron chi connectivity index (χ0n) is 17.7. The monoisotopic (exact) mass is 415 g/mol. The van der Waals surface area contributed by atoms with Crippen molar-refractivity contribution < 1.29 is 9.53 Å². The van der Waals surface area contributed by atoms with Crippen molar-refractivity contribution in [1.29, 1.82) is 5.26 Å². The van der Waals surface area contributed by atoms with E-state index in [2.05, 4.69) is 15.4 Å². The minimum absolute atomic E-state index is 0.0210. The Morgan fingerprint density at radius 2 is 1.97 bits per heavy atom. The number of rotatable bonds is 9. The van der Waals surface area contributed by atoms with Crippen LogP contribution in [0.15, 0.2) is 66.6 Å². The lowest BCUT2D eigenvalue weighted by molar-refractivity contribution is -0.117. The summed E-state index contributed by atoms with van der Waals surface area (Å²) in [6.45, 7) is 4.92. The third-order valence-electron chi connectivity index (χ3n) is 4.44. The minimum atomic E-state index is -0.416. The number of hydrogen-bond acceptors (Lipinski definition) is 5. The van der Waals surface area contributed by atoms with Crippen LogP contribution >= 0.6 is 0 Å². The molecule has 0 bridgehead atoms. The lowest BCUT2D eigenvalue weighted by Gasteiger charge is -2.08. The van der Waals surface area contributed by atoms with Crippen molar-refractivity contribution in [3.05, 3.63) is 72.2 Å². The highest BCUT2D eigenvalue weighted by Gasteiger charge is 2.15. The van der Waals surface area contributed by atoms with E-state index in [0.29, 0.717) is 30.8 Å². The number of aromatic nitrogens is 3. The van der Waals surface area contributed by atoms with Crippen LogP contribution in [0.3, 0.4) is 0 Å². The maximum Gasteiger partial charge on any atom is 0.261 e. The van der Waals surface area contributed by atoms with Gasteiger partial charge in [-0.05, 0) is 50.6 Å². The molecule has 7 heteroatoms. The van der Waals surface area contributed by atoms with E-state index >= 15 is 0 Å². The fraction of sp³-hybridized carbons (Fsp3) is 0.250. The lowest BCUT2D eigenvalue weighted by atomic mass is 10.1. The molecule has 2 aromatic heterocycles. The molecular weight excluding hydrogens is 390 g/mol. The molecule has 0 saturated heterocycles. The summed E-state index contributed by atoms with van der Waals surface area (Å²) in [5, 5.41) is 17.0. The van der Waals surface area contributed by atoms with Gasteiger partial charge in [-0.2, -0.15) is 10.4 Å². The van der Waals surface area contributed by atoms with E-state index in [0.717, 1.165) is 11.3 Å². The molecule has 1 N–H and O–H groups in total. The second kappa shape index (κ2) is 10.9. The highest BCUT2D eigenvalue weighted by molar-refractivity contribution is 6.02. The Kier molecular flexibility index (Phi) is 7.68. The largest absolute Gasteiger partial charge is 0.379 e. The number of carbonyl (C=O) groups excluding carboxylic acids is 1. The third-order valence-corrected chi connectivity index (χ3v) is 4.44. The van der Waals surface area contributed by atoms with Crippen LogP contribution in [-0.4, -0.2) is 39.9 Å². The highest BCUT2D eigenvalue weighted by Crippen LogP contribution is 2.25. The van der Waals surface area contributed by atoms with E-state index in [1.165, 1.54) is 0 Å². The Morgan fingerprint density at radius 1 is 1.23 bits per heavy atom. The molecule has 0 aliphatic rings. The van der Waals surface area contributed by atoms with Crippen molar-refractivity contribution in [2.75, 3.05) is 13.2 Å². The number of amides is 1. The van der Waals surface area contributed by atoms with E-state index in [-0.39, 0.29) is 11.7 Å². The number of nitrogens with one attached hydrogen (secondary N) is 1. The maximum absolute atomic E-state index is 12.5. The van der Waals surface area contributed by atoms with Gasteiger partial charge in [0, 0.05) is 42.9 Å². The molecule has 7 nitrogen and oxygen atoms in total. The molecule has 0 radical (unpaired) electrons. The minimum Gasteiger partial charge on any atom is -0.379 e. The molecule has 1 amide bonds. The lowest BCUT2D eigenvalue weighted by Crippen LogP contribution is -2.26. The van der Waals surface area contributed by atoms with Crippen LogP contribution in [0.25, 0.3) is 23.0 Å². The van der Waals surface area contributed by atoms with Gasteiger partial charge >= 0.3 is 0 Å². The Balaban J connectivity index is 1.85. The number of benzene rings is 1. The van der Waals surface area contributed by atoms with Gasteiger partial charge in [0.15, 0.2) is 0 Å². The zero-order valence-corrected chi connectivity index (χ0v) is 17.7. The molecule has 0 atom stereocenters. The van der Waals surface area contributed by atoms with Crippen molar-refractivity contribution >= 4 is 12.0 Å². The summed E-state index contributed by atoms with van der Waals surface area (Å²) < 4.78 is 7.20. The quantitative estimate of drug-likeness (QED) is 0.326. The van der Waals surface area contributed by atoms with Gasteiger partial charge in [-0.3, -0.25) is 9.78 Å². The summed E-state index contributed by atoms with van der Waals surface area (Å²) in [4.78, 5) is 16.6. The average molecular weight is 415 g/mol.